The predicted molar refractivity (Wildman–Crippen MR) is 116 cm³/mol. The van der Waals surface area contributed by atoms with Gasteiger partial charge in [-0.05, 0) is 49.6 Å². The van der Waals surface area contributed by atoms with Gasteiger partial charge in [-0.2, -0.15) is 0 Å². The molecule has 0 radical (unpaired) electrons. The fourth-order valence-electron chi connectivity index (χ4n) is 3.03. The highest BCUT2D eigenvalue weighted by Crippen LogP contribution is 2.30. The number of halogens is 3. The molecule has 0 amide bonds. The topological polar surface area (TPSA) is 39.7 Å². The molecule has 28 heavy (non-hydrogen) atoms. The van der Waals surface area contributed by atoms with Crippen molar-refractivity contribution in [3.05, 3.63) is 57.6 Å². The first-order chi connectivity index (χ1) is 13.2. The zero-order valence-corrected chi connectivity index (χ0v) is 18.2. The van der Waals surface area contributed by atoms with Crippen molar-refractivity contribution in [2.75, 3.05) is 19.8 Å². The summed E-state index contributed by atoms with van der Waals surface area (Å²) in [6, 6.07) is 11.4. The van der Waals surface area contributed by atoms with Gasteiger partial charge in [-0.3, -0.25) is 0 Å². The van der Waals surface area contributed by atoms with E-state index < -0.39 is 0 Å². The second-order valence-corrected chi connectivity index (χ2v) is 7.35. The Morgan fingerprint density at radius 3 is 2.68 bits per heavy atom. The Kier molecular flexibility index (Phi) is 9.69. The normalized spacial score (nSPS) is 15.9. The molecular formula is C21H26Cl3NO3. The van der Waals surface area contributed by atoms with Crippen LogP contribution in [-0.4, -0.2) is 25.9 Å². The lowest BCUT2D eigenvalue weighted by Gasteiger charge is -2.15. The molecule has 1 heterocycles. The minimum atomic E-state index is 0. The van der Waals surface area contributed by atoms with E-state index >= 15 is 0 Å². The second-order valence-electron chi connectivity index (χ2n) is 6.50. The van der Waals surface area contributed by atoms with E-state index in [-0.39, 0.29) is 12.4 Å². The Balaban J connectivity index is 0.00000280. The first-order valence-electron chi connectivity index (χ1n) is 9.30. The van der Waals surface area contributed by atoms with E-state index in [4.69, 9.17) is 37.4 Å². The minimum absolute atomic E-state index is 0. The third kappa shape index (κ3) is 6.71. The van der Waals surface area contributed by atoms with Crippen LogP contribution in [-0.2, 0) is 17.9 Å². The van der Waals surface area contributed by atoms with E-state index in [1.165, 1.54) is 0 Å². The molecule has 0 bridgehead atoms. The van der Waals surface area contributed by atoms with Gasteiger partial charge in [-0.15, -0.1) is 12.4 Å². The highest BCUT2D eigenvalue weighted by molar-refractivity contribution is 6.35. The Morgan fingerprint density at radius 2 is 1.96 bits per heavy atom. The van der Waals surface area contributed by atoms with Gasteiger partial charge in [0, 0.05) is 35.3 Å². The van der Waals surface area contributed by atoms with Gasteiger partial charge in [0.15, 0.2) is 11.5 Å². The predicted octanol–water partition coefficient (Wildman–Crippen LogP) is 5.66. The zero-order chi connectivity index (χ0) is 19.1. The van der Waals surface area contributed by atoms with Crippen LogP contribution in [0.15, 0.2) is 36.4 Å². The molecule has 0 saturated carbocycles. The van der Waals surface area contributed by atoms with Crippen LogP contribution in [0.1, 0.15) is 30.9 Å². The fraction of sp³-hybridized carbons (Fsp3) is 0.429. The standard InChI is InChI=1S/C21H25Cl2NO3.ClH/c1-2-25-21-10-15(12-24-13-18-4-3-9-26-18)5-8-20(21)27-14-16-6-7-17(22)11-19(16)23;/h5-8,10-11,18,24H,2-4,9,12-14H2,1H3;1H. The largest absolute Gasteiger partial charge is 0.490 e. The van der Waals surface area contributed by atoms with Crippen molar-refractivity contribution in [1.29, 1.82) is 0 Å². The summed E-state index contributed by atoms with van der Waals surface area (Å²) in [7, 11) is 0. The fourth-order valence-corrected chi connectivity index (χ4v) is 3.49. The molecule has 1 aliphatic heterocycles. The molecule has 0 aliphatic carbocycles. The van der Waals surface area contributed by atoms with Gasteiger partial charge in [0.25, 0.3) is 0 Å². The first-order valence-corrected chi connectivity index (χ1v) is 10.1. The molecule has 7 heteroatoms. The van der Waals surface area contributed by atoms with E-state index in [2.05, 4.69) is 5.32 Å². The molecule has 1 aliphatic rings. The maximum Gasteiger partial charge on any atom is 0.161 e. The van der Waals surface area contributed by atoms with Crippen LogP contribution >= 0.6 is 35.6 Å². The van der Waals surface area contributed by atoms with Crippen molar-refractivity contribution in [2.45, 2.75) is 39.0 Å². The SMILES string of the molecule is CCOc1cc(CNCC2CCCO2)ccc1OCc1ccc(Cl)cc1Cl.Cl. The van der Waals surface area contributed by atoms with Crippen LogP contribution in [0.25, 0.3) is 0 Å². The van der Waals surface area contributed by atoms with Crippen LogP contribution in [0.5, 0.6) is 11.5 Å². The second kappa shape index (κ2) is 11.7. The molecule has 0 aromatic heterocycles. The van der Waals surface area contributed by atoms with Gasteiger partial charge in [-0.25, -0.2) is 0 Å². The van der Waals surface area contributed by atoms with Crippen LogP contribution < -0.4 is 14.8 Å². The Hall–Kier alpha value is -1.17. The van der Waals surface area contributed by atoms with E-state index in [0.717, 1.165) is 49.4 Å². The molecule has 1 unspecified atom stereocenters. The third-order valence-corrected chi connectivity index (χ3v) is 5.02. The van der Waals surface area contributed by atoms with Gasteiger partial charge >= 0.3 is 0 Å². The lowest BCUT2D eigenvalue weighted by atomic mass is 10.2. The van der Waals surface area contributed by atoms with E-state index in [1.807, 2.05) is 31.2 Å². The molecule has 1 atom stereocenters. The van der Waals surface area contributed by atoms with Crippen molar-refractivity contribution in [3.8, 4) is 11.5 Å². The summed E-state index contributed by atoms with van der Waals surface area (Å²) in [6.45, 7) is 5.41. The smallest absolute Gasteiger partial charge is 0.161 e. The number of ether oxygens (including phenoxy) is 3. The molecule has 4 nitrogen and oxygen atoms in total. The summed E-state index contributed by atoms with van der Waals surface area (Å²) in [6.07, 6.45) is 2.63. The summed E-state index contributed by atoms with van der Waals surface area (Å²) >= 11 is 12.2. The van der Waals surface area contributed by atoms with Crippen LogP contribution in [0.3, 0.4) is 0 Å². The van der Waals surface area contributed by atoms with E-state index in [9.17, 15) is 0 Å². The first kappa shape index (κ1) is 23.1. The average Bonchev–Trinajstić information content (AvgIpc) is 3.16. The number of nitrogens with one attached hydrogen (secondary N) is 1. The number of hydrogen-bond donors (Lipinski definition) is 1. The number of rotatable bonds is 9. The molecule has 1 saturated heterocycles. The van der Waals surface area contributed by atoms with E-state index in [0.29, 0.717) is 35.1 Å². The van der Waals surface area contributed by atoms with Crippen molar-refractivity contribution >= 4 is 35.6 Å². The summed E-state index contributed by atoms with van der Waals surface area (Å²) < 4.78 is 17.3. The number of hydrogen-bond acceptors (Lipinski definition) is 4. The molecular weight excluding hydrogens is 421 g/mol. The maximum atomic E-state index is 6.22. The summed E-state index contributed by atoms with van der Waals surface area (Å²) in [5.41, 5.74) is 2.03. The molecule has 2 aromatic carbocycles. The average molecular weight is 447 g/mol. The zero-order valence-electron chi connectivity index (χ0n) is 15.9. The van der Waals surface area contributed by atoms with Crippen LogP contribution in [0.2, 0.25) is 10.0 Å². The quantitative estimate of drug-likeness (QED) is 0.539. The maximum absolute atomic E-state index is 6.22. The van der Waals surface area contributed by atoms with Gasteiger partial charge in [0.05, 0.1) is 12.7 Å². The molecule has 1 fully saturated rings. The lowest BCUT2D eigenvalue weighted by molar-refractivity contribution is 0.110. The molecule has 1 N–H and O–H groups in total. The molecule has 3 rings (SSSR count). The Bertz CT molecular complexity index is 752. The van der Waals surface area contributed by atoms with Crippen LogP contribution in [0.4, 0.5) is 0 Å². The summed E-state index contributed by atoms with van der Waals surface area (Å²) in [5, 5.41) is 4.65. The molecule has 154 valence electrons. The van der Waals surface area contributed by atoms with Gasteiger partial charge in [-0.1, -0.05) is 35.3 Å². The van der Waals surface area contributed by atoms with Crippen molar-refractivity contribution < 1.29 is 14.2 Å². The van der Waals surface area contributed by atoms with E-state index in [1.54, 1.807) is 12.1 Å². The van der Waals surface area contributed by atoms with Crippen LogP contribution in [0, 0.1) is 0 Å². The van der Waals surface area contributed by atoms with Gasteiger partial charge in [0.2, 0.25) is 0 Å². The summed E-state index contributed by atoms with van der Waals surface area (Å²) in [4.78, 5) is 0. The van der Waals surface area contributed by atoms with Crippen molar-refractivity contribution in [2.24, 2.45) is 0 Å². The Labute approximate surface area is 182 Å². The van der Waals surface area contributed by atoms with Crippen molar-refractivity contribution in [3.63, 3.8) is 0 Å². The molecule has 2 aromatic rings. The van der Waals surface area contributed by atoms with Gasteiger partial charge < -0.3 is 19.5 Å². The third-order valence-electron chi connectivity index (χ3n) is 4.43. The molecule has 0 spiro atoms. The highest BCUT2D eigenvalue weighted by atomic mass is 35.5. The van der Waals surface area contributed by atoms with Crippen molar-refractivity contribution in [1.82, 2.24) is 5.32 Å². The minimum Gasteiger partial charge on any atom is -0.490 e. The summed E-state index contributed by atoms with van der Waals surface area (Å²) in [5.74, 6) is 1.43. The highest BCUT2D eigenvalue weighted by Gasteiger charge is 2.15. The van der Waals surface area contributed by atoms with Gasteiger partial charge in [0.1, 0.15) is 6.61 Å². The Morgan fingerprint density at radius 1 is 1.11 bits per heavy atom. The lowest BCUT2D eigenvalue weighted by Crippen LogP contribution is -2.25. The number of benzene rings is 2. The monoisotopic (exact) mass is 445 g/mol.